The van der Waals surface area contributed by atoms with Gasteiger partial charge in [0.25, 0.3) is 0 Å². The minimum absolute atomic E-state index is 0.198. The standard InChI is InChI=1S/C41H41N7O4/c1-30(42-40(49)51-26-32-11-5-3-6-12-32)38-24-45-20-34-15-9-16-35(19-34)21-46-25-39(31(2)43-41(50)52-27-33-13-7-4-8-14-33)48(29-46)23-37-18-10-17-36(44-37)22-47(38)28-45/h3-19,24-25,28-31H,20-23,26-27H2,1-2H3/p+2/t30-,31-/m0/s1. The number of rotatable bonds is 8. The predicted molar refractivity (Wildman–Crippen MR) is 193 cm³/mol. The highest BCUT2D eigenvalue weighted by Gasteiger charge is 2.25. The number of nitrogens with one attached hydrogen (secondary N) is 2. The third-order valence-electron chi connectivity index (χ3n) is 9.07. The van der Waals surface area contributed by atoms with E-state index in [0.29, 0.717) is 26.2 Å². The number of fused-ring (bicyclic) bond motifs is 8. The minimum atomic E-state index is -0.478. The summed E-state index contributed by atoms with van der Waals surface area (Å²) >= 11 is 0. The maximum Gasteiger partial charge on any atom is 0.408 e. The van der Waals surface area contributed by atoms with Gasteiger partial charge in [-0.25, -0.2) is 32.8 Å². The number of benzene rings is 3. The molecule has 6 aromatic rings. The van der Waals surface area contributed by atoms with Gasteiger partial charge in [-0.3, -0.25) is 0 Å². The third kappa shape index (κ3) is 8.73. The molecule has 0 radical (unpaired) electrons. The molecule has 2 atom stereocenters. The Labute approximate surface area is 303 Å². The predicted octanol–water partition coefficient (Wildman–Crippen LogP) is 5.74. The van der Waals surface area contributed by atoms with Crippen LogP contribution in [0.5, 0.6) is 0 Å². The first-order chi connectivity index (χ1) is 25.3. The summed E-state index contributed by atoms with van der Waals surface area (Å²) in [6, 6.07) is 33.2. The summed E-state index contributed by atoms with van der Waals surface area (Å²) in [6.07, 6.45) is 7.35. The van der Waals surface area contributed by atoms with Gasteiger partial charge in [-0.2, -0.15) is 0 Å². The molecule has 0 saturated heterocycles. The van der Waals surface area contributed by atoms with Crippen LogP contribution in [-0.2, 0) is 48.9 Å². The second-order valence-electron chi connectivity index (χ2n) is 13.2. The second-order valence-corrected chi connectivity index (χ2v) is 13.2. The number of carbonyl (C=O) groups excluding carboxylic acids is 2. The van der Waals surface area contributed by atoms with Crippen molar-refractivity contribution in [3.8, 4) is 0 Å². The van der Waals surface area contributed by atoms with Crippen molar-refractivity contribution in [2.75, 3.05) is 0 Å². The molecule has 0 unspecified atom stereocenters. The lowest BCUT2D eigenvalue weighted by molar-refractivity contribution is -0.689. The average molecular weight is 698 g/mol. The molecule has 7 rings (SSSR count). The molecule has 1 aliphatic rings. The molecule has 0 fully saturated rings. The van der Waals surface area contributed by atoms with Crippen molar-refractivity contribution in [3.05, 3.63) is 173 Å². The van der Waals surface area contributed by atoms with Gasteiger partial charge >= 0.3 is 12.2 Å². The number of aromatic nitrogens is 5. The van der Waals surface area contributed by atoms with Gasteiger partial charge in [0.2, 0.25) is 12.7 Å². The van der Waals surface area contributed by atoms with Gasteiger partial charge in [0.1, 0.15) is 51.8 Å². The molecule has 1 aliphatic heterocycles. The number of hydrogen-bond acceptors (Lipinski definition) is 5. The quantitative estimate of drug-likeness (QED) is 0.197. The average Bonchev–Trinajstić information content (AvgIpc) is 3.73. The van der Waals surface area contributed by atoms with Crippen LogP contribution >= 0.6 is 0 Å². The molecule has 3 aromatic carbocycles. The first-order valence-corrected chi connectivity index (χ1v) is 17.5. The monoisotopic (exact) mass is 697 g/mol. The molecule has 52 heavy (non-hydrogen) atoms. The van der Waals surface area contributed by atoms with Crippen molar-refractivity contribution in [1.82, 2.24) is 24.8 Å². The number of hydrogen-bond donors (Lipinski definition) is 2. The van der Waals surface area contributed by atoms with Crippen LogP contribution in [0.15, 0.2) is 128 Å². The fourth-order valence-electron chi connectivity index (χ4n) is 6.54. The van der Waals surface area contributed by atoms with E-state index in [-0.39, 0.29) is 25.3 Å². The summed E-state index contributed by atoms with van der Waals surface area (Å²) < 4.78 is 19.6. The first-order valence-electron chi connectivity index (χ1n) is 17.5. The van der Waals surface area contributed by atoms with Gasteiger partial charge in [0, 0.05) is 0 Å². The summed E-state index contributed by atoms with van der Waals surface area (Å²) in [7, 11) is 0. The van der Waals surface area contributed by atoms with E-state index in [4.69, 9.17) is 14.5 Å². The molecule has 11 nitrogen and oxygen atoms in total. The summed E-state index contributed by atoms with van der Waals surface area (Å²) in [4.78, 5) is 30.7. The van der Waals surface area contributed by atoms with Crippen LogP contribution in [0, 0.1) is 0 Å². The van der Waals surface area contributed by atoms with Crippen molar-refractivity contribution in [1.29, 1.82) is 0 Å². The van der Waals surface area contributed by atoms with Gasteiger partial charge in [0.15, 0.2) is 11.4 Å². The SMILES string of the molecule is C[C@H](NC(=O)OCc1ccccc1)c1c[n+]2cn1Cc1cccc(n1)Cn1c[n+](cc1[C@H](C)NC(=O)OCc1ccccc1)Cc1cccc(c1)C2. The largest absolute Gasteiger partial charge is 0.445 e. The Bertz CT molecular complexity index is 2000. The molecule has 0 saturated carbocycles. The Morgan fingerprint density at radius 1 is 0.654 bits per heavy atom. The normalized spacial score (nSPS) is 13.4. The topological polar surface area (TPSA) is 107 Å². The molecule has 3 aromatic heterocycles. The van der Waals surface area contributed by atoms with Gasteiger partial charge in [-0.15, -0.1) is 0 Å². The van der Waals surface area contributed by atoms with Crippen LogP contribution in [0.25, 0.3) is 0 Å². The van der Waals surface area contributed by atoms with Crippen molar-refractivity contribution >= 4 is 12.2 Å². The fraction of sp³-hybridized carbons (Fsp3) is 0.244. The van der Waals surface area contributed by atoms with Crippen LogP contribution in [0.1, 0.15) is 71.0 Å². The van der Waals surface area contributed by atoms with E-state index < -0.39 is 12.2 Å². The van der Waals surface area contributed by atoms with E-state index in [0.717, 1.165) is 45.0 Å². The highest BCUT2D eigenvalue weighted by atomic mass is 16.6. The minimum Gasteiger partial charge on any atom is -0.445 e. The lowest BCUT2D eigenvalue weighted by atomic mass is 10.1. The smallest absolute Gasteiger partial charge is 0.408 e. The number of carbonyl (C=O) groups is 2. The lowest BCUT2D eigenvalue weighted by Gasteiger charge is -2.13. The van der Waals surface area contributed by atoms with Gasteiger partial charge < -0.3 is 20.1 Å². The van der Waals surface area contributed by atoms with Crippen LogP contribution < -0.4 is 19.8 Å². The summed E-state index contributed by atoms with van der Waals surface area (Å²) in [5.41, 5.74) is 7.77. The number of alkyl carbamates (subject to hydrolysis) is 2. The second kappa shape index (κ2) is 15.8. The van der Waals surface area contributed by atoms with E-state index in [1.165, 1.54) is 0 Å². The van der Waals surface area contributed by atoms with Crippen LogP contribution in [-0.4, -0.2) is 26.3 Å². The Morgan fingerprint density at radius 2 is 1.10 bits per heavy atom. The van der Waals surface area contributed by atoms with Crippen LogP contribution in [0.4, 0.5) is 9.59 Å². The first kappa shape index (κ1) is 34.2. The number of nitrogens with zero attached hydrogens (tertiary/aromatic N) is 5. The Hall–Kier alpha value is -6.23. The van der Waals surface area contributed by atoms with Gasteiger partial charge in [0.05, 0.1) is 23.5 Å². The number of amides is 2. The van der Waals surface area contributed by atoms with Crippen molar-refractivity contribution in [3.63, 3.8) is 0 Å². The number of ether oxygens (including phenoxy) is 2. The molecule has 4 heterocycles. The molecular formula is C41H43N7O4+2. The Kier molecular flexibility index (Phi) is 10.4. The molecule has 0 aliphatic carbocycles. The van der Waals surface area contributed by atoms with E-state index >= 15 is 0 Å². The van der Waals surface area contributed by atoms with E-state index in [1.807, 2.05) is 92.7 Å². The van der Waals surface area contributed by atoms with E-state index in [1.54, 1.807) is 0 Å². The summed E-state index contributed by atoms with van der Waals surface area (Å²) in [6.45, 7) is 6.62. The zero-order valence-corrected chi connectivity index (χ0v) is 29.4. The van der Waals surface area contributed by atoms with E-state index in [2.05, 4.69) is 78.2 Å². The lowest BCUT2D eigenvalue weighted by Crippen LogP contribution is -2.33. The molecule has 2 N–H and O–H groups in total. The highest BCUT2D eigenvalue weighted by Crippen LogP contribution is 2.18. The van der Waals surface area contributed by atoms with Gasteiger partial charge in [-0.05, 0) is 54.3 Å². The fourth-order valence-corrected chi connectivity index (χ4v) is 6.54. The zero-order valence-electron chi connectivity index (χ0n) is 29.4. The molecule has 8 bridgehead atoms. The Balaban J connectivity index is 1.13. The zero-order chi connectivity index (χ0) is 35.9. The Morgan fingerprint density at radius 3 is 1.56 bits per heavy atom. The van der Waals surface area contributed by atoms with Crippen molar-refractivity contribution in [2.45, 2.75) is 65.3 Å². The van der Waals surface area contributed by atoms with Crippen LogP contribution in [0.3, 0.4) is 0 Å². The molecular weight excluding hydrogens is 654 g/mol. The summed E-state index contributed by atoms with van der Waals surface area (Å²) in [5.74, 6) is 0. The van der Waals surface area contributed by atoms with Crippen molar-refractivity contribution in [2.24, 2.45) is 0 Å². The maximum atomic E-state index is 12.8. The maximum absolute atomic E-state index is 12.8. The number of imidazole rings is 2. The molecule has 11 heteroatoms. The van der Waals surface area contributed by atoms with E-state index in [9.17, 15) is 9.59 Å². The van der Waals surface area contributed by atoms with Crippen molar-refractivity contribution < 1.29 is 28.2 Å². The molecule has 0 spiro atoms. The molecule has 2 amide bonds. The number of pyridine rings is 1. The third-order valence-corrected chi connectivity index (χ3v) is 9.07. The molecule has 264 valence electrons. The highest BCUT2D eigenvalue weighted by molar-refractivity contribution is 5.68. The van der Waals surface area contributed by atoms with Gasteiger partial charge in [-0.1, -0.05) is 84.9 Å². The summed E-state index contributed by atoms with van der Waals surface area (Å²) in [5, 5.41) is 6.03. The van der Waals surface area contributed by atoms with Crippen LogP contribution in [0.2, 0.25) is 0 Å².